The summed E-state index contributed by atoms with van der Waals surface area (Å²) in [5.41, 5.74) is 3.15. The average Bonchev–Trinajstić information content (AvgIpc) is 3.18. The highest BCUT2D eigenvalue weighted by Crippen LogP contribution is 2.44. The molecule has 0 amide bonds. The Bertz CT molecular complexity index is 1630. The Morgan fingerprint density at radius 1 is 0.574 bits per heavy atom. The zero-order valence-electron chi connectivity index (χ0n) is 30.7. The third-order valence-electron chi connectivity index (χ3n) is 10.1. The monoisotopic (exact) mass is 760 g/mol. The summed E-state index contributed by atoms with van der Waals surface area (Å²) in [7, 11) is 6.30. The van der Waals surface area contributed by atoms with Crippen molar-refractivity contribution < 1.29 is 45.3 Å². The third-order valence-corrected chi connectivity index (χ3v) is 10.1. The predicted molar refractivity (Wildman–Crippen MR) is 191 cm³/mol. The molecule has 2 saturated heterocycles. The molecule has 2 aliphatic heterocycles. The minimum atomic E-state index is -4.18. The van der Waals surface area contributed by atoms with Crippen molar-refractivity contribution in [3.05, 3.63) is 108 Å². The fourth-order valence-corrected chi connectivity index (χ4v) is 7.17. The number of benzene rings is 2. The maximum Gasteiger partial charge on any atom is 0.391 e. The fraction of sp³-hybridized carbons (Fsp3) is 0.450. The van der Waals surface area contributed by atoms with Crippen molar-refractivity contribution in [3.8, 4) is 23.0 Å². The number of halogens is 6. The molecule has 4 heterocycles. The van der Waals surface area contributed by atoms with Gasteiger partial charge in [-0.15, -0.1) is 0 Å². The lowest BCUT2D eigenvalue weighted by molar-refractivity contribution is -0.191. The quantitative estimate of drug-likeness (QED) is 0.148. The van der Waals surface area contributed by atoms with Gasteiger partial charge in [-0.05, 0) is 75.2 Å². The van der Waals surface area contributed by atoms with Crippen LogP contribution in [-0.4, -0.2) is 73.6 Å². The van der Waals surface area contributed by atoms with E-state index in [2.05, 4.69) is 19.8 Å². The summed E-state index contributed by atoms with van der Waals surface area (Å²) in [6.45, 7) is 1.67. The SMILES string of the molecule is COc1ccc(CN2CC[C@@H](C(F)(F)F)C[C@@H]2c2ccccn2)c(OC)c1.COc1ccc(CN2CC[C@@H](C(F)(F)F)C[C@H]2c2ccccn2)c(OC)c1. The van der Waals surface area contributed by atoms with Gasteiger partial charge in [0.2, 0.25) is 0 Å². The van der Waals surface area contributed by atoms with Crippen LogP contribution in [0.2, 0.25) is 0 Å². The van der Waals surface area contributed by atoms with Crippen molar-refractivity contribution in [2.24, 2.45) is 11.8 Å². The second kappa shape index (κ2) is 18.2. The highest BCUT2D eigenvalue weighted by molar-refractivity contribution is 5.42. The molecule has 0 unspecified atom stereocenters. The van der Waals surface area contributed by atoms with Crippen LogP contribution in [0.1, 0.15) is 60.3 Å². The molecular weight excluding hydrogens is 714 g/mol. The van der Waals surface area contributed by atoms with Crippen LogP contribution in [0.15, 0.2) is 85.2 Å². The molecule has 2 aliphatic rings. The van der Waals surface area contributed by atoms with Gasteiger partial charge in [0.25, 0.3) is 0 Å². The molecule has 4 atom stereocenters. The molecule has 0 N–H and O–H groups in total. The first kappa shape index (κ1) is 40.6. The summed E-state index contributed by atoms with van der Waals surface area (Å²) in [4.78, 5) is 12.7. The molecule has 0 radical (unpaired) electrons. The van der Waals surface area contributed by atoms with E-state index in [1.165, 1.54) is 0 Å². The highest BCUT2D eigenvalue weighted by atomic mass is 19.4. The van der Waals surface area contributed by atoms with Crippen LogP contribution in [0.25, 0.3) is 0 Å². The van der Waals surface area contributed by atoms with Gasteiger partial charge >= 0.3 is 12.4 Å². The fourth-order valence-electron chi connectivity index (χ4n) is 7.17. The van der Waals surface area contributed by atoms with Crippen molar-refractivity contribution in [2.75, 3.05) is 41.5 Å². The second-order valence-electron chi connectivity index (χ2n) is 13.4. The molecule has 54 heavy (non-hydrogen) atoms. The van der Waals surface area contributed by atoms with Gasteiger partial charge in [0.1, 0.15) is 23.0 Å². The number of methoxy groups -OCH3 is 4. The third kappa shape index (κ3) is 10.3. The molecular formula is C40H46F6N4O4. The van der Waals surface area contributed by atoms with Crippen molar-refractivity contribution in [3.63, 3.8) is 0 Å². The van der Waals surface area contributed by atoms with E-state index in [1.54, 1.807) is 77.2 Å². The summed E-state index contributed by atoms with van der Waals surface area (Å²) in [5, 5.41) is 0. The smallest absolute Gasteiger partial charge is 0.391 e. The van der Waals surface area contributed by atoms with Crippen molar-refractivity contribution >= 4 is 0 Å². The molecule has 14 heteroatoms. The number of nitrogens with zero attached hydrogens (tertiary/aromatic N) is 4. The largest absolute Gasteiger partial charge is 0.497 e. The first-order valence-corrected chi connectivity index (χ1v) is 17.7. The van der Waals surface area contributed by atoms with Gasteiger partial charge in [0.15, 0.2) is 0 Å². The molecule has 0 bridgehead atoms. The predicted octanol–water partition coefficient (Wildman–Crippen LogP) is 9.23. The Kier molecular flexibility index (Phi) is 13.7. The van der Waals surface area contributed by atoms with Gasteiger partial charge in [-0.3, -0.25) is 19.8 Å². The Morgan fingerprint density at radius 2 is 0.981 bits per heavy atom. The molecule has 2 fully saturated rings. The zero-order chi connectivity index (χ0) is 38.9. The molecule has 0 aliphatic carbocycles. The number of piperidine rings is 2. The van der Waals surface area contributed by atoms with Crippen LogP contribution in [0.4, 0.5) is 26.3 Å². The van der Waals surface area contributed by atoms with Gasteiger partial charge in [-0.2, -0.15) is 26.3 Å². The summed E-state index contributed by atoms with van der Waals surface area (Å²) in [5.74, 6) is 0.0523. The molecule has 8 nitrogen and oxygen atoms in total. The molecule has 4 aromatic rings. The maximum atomic E-state index is 13.3. The normalized spacial score (nSPS) is 21.1. The van der Waals surface area contributed by atoms with Crippen molar-refractivity contribution in [1.82, 2.24) is 19.8 Å². The van der Waals surface area contributed by atoms with E-state index in [0.29, 0.717) is 60.6 Å². The lowest BCUT2D eigenvalue weighted by atomic mass is 9.88. The Morgan fingerprint density at radius 3 is 1.30 bits per heavy atom. The van der Waals surface area contributed by atoms with Crippen molar-refractivity contribution in [2.45, 2.75) is 63.2 Å². The number of likely N-dealkylation sites (tertiary alicyclic amines) is 2. The van der Waals surface area contributed by atoms with E-state index in [1.807, 2.05) is 36.4 Å². The standard InChI is InChI=1S/2C20H23F3N2O2/c2*1-26-16-7-6-14(19(12-16)27-2)13-25-10-8-15(20(21,22)23)11-18(25)17-5-3-4-9-24-17/h2*3-7,9,12,15,18H,8,10-11,13H2,1-2H3/t15-,18+;15-,18-/m11/s1. The van der Waals surface area contributed by atoms with Gasteiger partial charge in [0.05, 0.1) is 63.7 Å². The molecule has 0 saturated carbocycles. The van der Waals surface area contributed by atoms with Gasteiger partial charge < -0.3 is 18.9 Å². The summed E-state index contributed by atoms with van der Waals surface area (Å²) in [6.07, 6.45) is -4.92. The maximum absolute atomic E-state index is 13.3. The lowest BCUT2D eigenvalue weighted by Gasteiger charge is -2.40. The highest BCUT2D eigenvalue weighted by Gasteiger charge is 2.46. The van der Waals surface area contributed by atoms with Gasteiger partial charge in [-0.25, -0.2) is 0 Å². The number of alkyl halides is 6. The van der Waals surface area contributed by atoms with Crippen LogP contribution in [-0.2, 0) is 13.1 Å². The average molecular weight is 761 g/mol. The van der Waals surface area contributed by atoms with Crippen molar-refractivity contribution in [1.29, 1.82) is 0 Å². The molecule has 0 spiro atoms. The van der Waals surface area contributed by atoms with Crippen LogP contribution in [0.3, 0.4) is 0 Å². The lowest BCUT2D eigenvalue weighted by Crippen LogP contribution is -2.41. The number of hydrogen-bond donors (Lipinski definition) is 0. The van der Waals surface area contributed by atoms with Gasteiger partial charge in [-0.1, -0.05) is 24.3 Å². The first-order valence-electron chi connectivity index (χ1n) is 17.7. The summed E-state index contributed by atoms with van der Waals surface area (Å²) < 4.78 is 101. The van der Waals surface area contributed by atoms with E-state index in [-0.39, 0.29) is 25.7 Å². The zero-order valence-corrected chi connectivity index (χ0v) is 30.7. The number of pyridine rings is 2. The molecule has 2 aromatic carbocycles. The van der Waals surface area contributed by atoms with Crippen LogP contribution >= 0.6 is 0 Å². The topological polar surface area (TPSA) is 69.2 Å². The second-order valence-corrected chi connectivity index (χ2v) is 13.4. The number of ether oxygens (including phenoxy) is 4. The minimum Gasteiger partial charge on any atom is -0.497 e. The summed E-state index contributed by atoms with van der Waals surface area (Å²) >= 11 is 0. The number of hydrogen-bond acceptors (Lipinski definition) is 8. The Labute approximate surface area is 312 Å². The Balaban J connectivity index is 0.000000208. The number of rotatable bonds is 10. The van der Waals surface area contributed by atoms with Crippen LogP contribution in [0, 0.1) is 11.8 Å². The molecule has 292 valence electrons. The first-order chi connectivity index (χ1) is 25.8. The van der Waals surface area contributed by atoms with E-state index in [0.717, 1.165) is 11.1 Å². The van der Waals surface area contributed by atoms with E-state index < -0.39 is 36.3 Å². The van der Waals surface area contributed by atoms with E-state index in [4.69, 9.17) is 18.9 Å². The molecule has 2 aromatic heterocycles. The number of aromatic nitrogens is 2. The summed E-state index contributed by atoms with van der Waals surface area (Å²) in [6, 6.07) is 21.0. The van der Waals surface area contributed by atoms with Gasteiger partial charge in [0, 0.05) is 48.7 Å². The minimum absolute atomic E-state index is 0.0129. The Hall–Kier alpha value is -4.56. The van der Waals surface area contributed by atoms with Crippen LogP contribution in [0.5, 0.6) is 23.0 Å². The molecule has 6 rings (SSSR count). The van der Waals surface area contributed by atoms with E-state index >= 15 is 0 Å². The van der Waals surface area contributed by atoms with Crippen LogP contribution < -0.4 is 18.9 Å². The van der Waals surface area contributed by atoms with E-state index in [9.17, 15) is 26.3 Å².